The van der Waals surface area contributed by atoms with Gasteiger partial charge in [0.05, 0.1) is 26.3 Å². The fourth-order valence-electron chi connectivity index (χ4n) is 3.43. The summed E-state index contributed by atoms with van der Waals surface area (Å²) in [6.07, 6.45) is 15.0. The molecule has 0 saturated heterocycles. The molecule has 2 heterocycles. The number of quaternary nitrogens is 1. The molecule has 2 aliphatic heterocycles. The van der Waals surface area contributed by atoms with Crippen molar-refractivity contribution in [1.82, 2.24) is 4.90 Å². The van der Waals surface area contributed by atoms with E-state index in [1.807, 2.05) is 12.2 Å². The zero-order chi connectivity index (χ0) is 15.0. The van der Waals surface area contributed by atoms with Crippen molar-refractivity contribution in [3.8, 4) is 0 Å². The summed E-state index contributed by atoms with van der Waals surface area (Å²) in [5, 5.41) is 0. The Kier molecular flexibility index (Phi) is 3.62. The molecule has 0 saturated carbocycles. The minimum atomic E-state index is 0.156. The van der Waals surface area contributed by atoms with E-state index < -0.39 is 0 Å². The maximum Gasteiger partial charge on any atom is 0.179 e. The number of carbonyl (C=O) groups excluding carboxylic acids is 1. The summed E-state index contributed by atoms with van der Waals surface area (Å²) >= 11 is 0. The third-order valence-electron chi connectivity index (χ3n) is 4.49. The average molecular weight is 285 g/mol. The van der Waals surface area contributed by atoms with Crippen molar-refractivity contribution in [2.75, 3.05) is 20.8 Å². The molecule has 0 N–H and O–H groups in total. The van der Waals surface area contributed by atoms with Crippen molar-refractivity contribution >= 4 is 5.78 Å². The Morgan fingerprint density at radius 2 is 2.10 bits per heavy atom. The molecule has 3 aliphatic rings. The summed E-state index contributed by atoms with van der Waals surface area (Å²) in [4.78, 5) is 14.4. The second kappa shape index (κ2) is 5.30. The van der Waals surface area contributed by atoms with Crippen LogP contribution in [0.25, 0.3) is 0 Å². The molecular weight excluding hydrogens is 260 g/mol. The van der Waals surface area contributed by atoms with Gasteiger partial charge in [0.25, 0.3) is 0 Å². The molecule has 0 spiro atoms. The summed E-state index contributed by atoms with van der Waals surface area (Å²) in [6.45, 7) is 3.17. The molecule has 0 aromatic rings. The minimum Gasteiger partial charge on any atom is -0.320 e. The van der Waals surface area contributed by atoms with E-state index in [0.717, 1.165) is 17.6 Å². The first-order valence-corrected chi connectivity index (χ1v) is 7.96. The van der Waals surface area contributed by atoms with Crippen LogP contribution in [0.4, 0.5) is 0 Å². The van der Waals surface area contributed by atoms with E-state index in [4.69, 9.17) is 0 Å². The number of hydrogen-bond acceptors (Lipinski definition) is 2. The average Bonchev–Trinajstić information content (AvgIpc) is 2.75. The number of unbranched alkanes of at least 4 members (excludes halogenated alkanes) is 2. The van der Waals surface area contributed by atoms with E-state index in [-0.39, 0.29) is 11.8 Å². The lowest BCUT2D eigenvalue weighted by atomic mass is 9.87. The zero-order valence-electron chi connectivity index (χ0n) is 13.3. The monoisotopic (exact) mass is 285 g/mol. The Morgan fingerprint density at radius 1 is 1.29 bits per heavy atom. The largest absolute Gasteiger partial charge is 0.320 e. The maximum atomic E-state index is 12.0. The molecule has 0 aromatic heterocycles. The number of nitrogens with zero attached hydrogens (tertiary/aromatic N) is 2. The molecule has 21 heavy (non-hydrogen) atoms. The van der Waals surface area contributed by atoms with Gasteiger partial charge in [-0.3, -0.25) is 9.28 Å². The van der Waals surface area contributed by atoms with Gasteiger partial charge in [-0.15, -0.1) is 0 Å². The Balaban J connectivity index is 1.86. The maximum absolute atomic E-state index is 12.0. The van der Waals surface area contributed by atoms with Gasteiger partial charge < -0.3 is 4.90 Å². The molecule has 1 atom stereocenters. The van der Waals surface area contributed by atoms with Crippen LogP contribution in [-0.2, 0) is 4.79 Å². The minimum absolute atomic E-state index is 0.156. The van der Waals surface area contributed by atoms with Crippen molar-refractivity contribution in [2.45, 2.75) is 38.6 Å². The van der Waals surface area contributed by atoms with Gasteiger partial charge in [0.15, 0.2) is 12.5 Å². The van der Waals surface area contributed by atoms with Crippen LogP contribution in [0.5, 0.6) is 0 Å². The lowest BCUT2D eigenvalue weighted by Gasteiger charge is -2.37. The molecule has 0 radical (unpaired) electrons. The van der Waals surface area contributed by atoms with Crippen molar-refractivity contribution in [1.29, 1.82) is 0 Å². The van der Waals surface area contributed by atoms with Gasteiger partial charge >= 0.3 is 0 Å². The van der Waals surface area contributed by atoms with E-state index in [9.17, 15) is 4.79 Å². The van der Waals surface area contributed by atoms with E-state index in [1.165, 1.54) is 36.0 Å². The first-order valence-electron chi connectivity index (χ1n) is 7.96. The Morgan fingerprint density at radius 3 is 2.86 bits per heavy atom. The molecule has 0 aromatic carbocycles. The standard InChI is InChI=1S/C18H25N2O/c1-4-5-6-7-14-10-15(21)11-16-17(14)12-19-13-20(2,3)9-8-18(16)19/h8-12,18H,4-7,13H2,1-3H3/q+1. The fourth-order valence-corrected chi connectivity index (χ4v) is 3.43. The zero-order valence-corrected chi connectivity index (χ0v) is 13.3. The quantitative estimate of drug-likeness (QED) is 0.584. The van der Waals surface area contributed by atoms with Crippen molar-refractivity contribution in [2.24, 2.45) is 0 Å². The van der Waals surface area contributed by atoms with E-state index in [0.29, 0.717) is 0 Å². The highest BCUT2D eigenvalue weighted by molar-refractivity contribution is 6.04. The summed E-state index contributed by atoms with van der Waals surface area (Å²) in [5.41, 5.74) is 3.73. The van der Waals surface area contributed by atoms with Gasteiger partial charge in [-0.2, -0.15) is 0 Å². The van der Waals surface area contributed by atoms with Crippen LogP contribution in [-0.4, -0.2) is 42.0 Å². The molecule has 0 amide bonds. The lowest BCUT2D eigenvalue weighted by Crippen LogP contribution is -2.48. The van der Waals surface area contributed by atoms with Crippen LogP contribution in [0.15, 0.2) is 47.3 Å². The predicted octanol–water partition coefficient (Wildman–Crippen LogP) is 3.13. The summed E-state index contributed by atoms with van der Waals surface area (Å²) < 4.78 is 0.858. The molecule has 1 aliphatic carbocycles. The summed E-state index contributed by atoms with van der Waals surface area (Å²) in [5.74, 6) is 0.156. The topological polar surface area (TPSA) is 20.3 Å². The highest BCUT2D eigenvalue weighted by Crippen LogP contribution is 2.39. The van der Waals surface area contributed by atoms with E-state index in [2.05, 4.69) is 44.4 Å². The predicted molar refractivity (Wildman–Crippen MR) is 85.1 cm³/mol. The lowest BCUT2D eigenvalue weighted by molar-refractivity contribution is -0.852. The SMILES string of the molecule is CCCCCC1=CC(=O)C=C2C1=CN1C[N+](C)(C)C=CC21. The van der Waals surface area contributed by atoms with E-state index >= 15 is 0 Å². The van der Waals surface area contributed by atoms with Crippen LogP contribution in [0.1, 0.15) is 32.6 Å². The molecule has 1 unspecified atom stereocenters. The van der Waals surface area contributed by atoms with Crippen LogP contribution in [0.2, 0.25) is 0 Å². The van der Waals surface area contributed by atoms with Crippen molar-refractivity contribution < 1.29 is 9.28 Å². The molecule has 3 rings (SSSR count). The van der Waals surface area contributed by atoms with Gasteiger partial charge in [0, 0.05) is 6.20 Å². The van der Waals surface area contributed by atoms with Crippen molar-refractivity contribution in [3.63, 3.8) is 0 Å². The molecule has 3 heteroatoms. The van der Waals surface area contributed by atoms with Crippen LogP contribution in [0.3, 0.4) is 0 Å². The summed E-state index contributed by atoms with van der Waals surface area (Å²) in [7, 11) is 4.40. The number of hydrogen-bond donors (Lipinski definition) is 0. The molecule has 3 nitrogen and oxygen atoms in total. The normalized spacial score (nSPS) is 26.0. The third-order valence-corrected chi connectivity index (χ3v) is 4.49. The molecular formula is C18H25N2O+. The second-order valence-corrected chi connectivity index (χ2v) is 6.89. The van der Waals surface area contributed by atoms with Gasteiger partial charge in [-0.1, -0.05) is 19.8 Å². The summed E-state index contributed by atoms with van der Waals surface area (Å²) in [6, 6.07) is 0.255. The van der Waals surface area contributed by atoms with Crippen LogP contribution >= 0.6 is 0 Å². The van der Waals surface area contributed by atoms with E-state index in [1.54, 1.807) is 0 Å². The first kappa shape index (κ1) is 14.3. The molecule has 0 bridgehead atoms. The molecule has 112 valence electrons. The Labute approximate surface area is 127 Å². The smallest absolute Gasteiger partial charge is 0.179 e. The number of rotatable bonds is 4. The van der Waals surface area contributed by atoms with Crippen LogP contribution in [0, 0.1) is 0 Å². The van der Waals surface area contributed by atoms with Crippen LogP contribution < -0.4 is 0 Å². The Hall–Kier alpha value is -1.61. The first-order chi connectivity index (χ1) is 10.00. The highest BCUT2D eigenvalue weighted by Gasteiger charge is 2.37. The Bertz CT molecular complexity index is 578. The number of carbonyl (C=O) groups is 1. The van der Waals surface area contributed by atoms with Gasteiger partial charge in [-0.25, -0.2) is 0 Å². The number of ketones is 1. The van der Waals surface area contributed by atoms with Gasteiger partial charge in [-0.05, 0) is 47.8 Å². The fraction of sp³-hybridized carbons (Fsp3) is 0.500. The second-order valence-electron chi connectivity index (χ2n) is 6.89. The molecule has 0 fully saturated rings. The third kappa shape index (κ3) is 2.75. The highest BCUT2D eigenvalue weighted by atomic mass is 16.1. The number of allylic oxidation sites excluding steroid dienone is 3. The number of fused-ring (bicyclic) bond motifs is 3. The van der Waals surface area contributed by atoms with Crippen molar-refractivity contribution in [3.05, 3.63) is 47.3 Å². The van der Waals surface area contributed by atoms with Gasteiger partial charge in [0.2, 0.25) is 0 Å². The van der Waals surface area contributed by atoms with Gasteiger partial charge in [0.1, 0.15) is 0 Å².